The minimum absolute atomic E-state index is 0.0840. The van der Waals surface area contributed by atoms with Crippen LogP contribution < -0.4 is 16.0 Å². The Morgan fingerprint density at radius 2 is 2.18 bits per heavy atom. The number of hydrogen-bond donors (Lipinski definition) is 3. The van der Waals surface area contributed by atoms with Crippen LogP contribution in [0.15, 0.2) is 65.5 Å². The van der Waals surface area contributed by atoms with Crippen molar-refractivity contribution in [3.05, 3.63) is 72.4 Å². The molecule has 1 saturated heterocycles. The molecule has 144 valence electrons. The van der Waals surface area contributed by atoms with Crippen molar-refractivity contribution in [1.82, 2.24) is 25.7 Å². The molecule has 0 aliphatic carbocycles. The molecule has 0 unspecified atom stereocenters. The Bertz CT molecular complexity index is 937. The zero-order valence-corrected chi connectivity index (χ0v) is 15.2. The Labute approximate surface area is 161 Å². The van der Waals surface area contributed by atoms with Crippen molar-refractivity contribution in [1.29, 1.82) is 0 Å². The summed E-state index contributed by atoms with van der Waals surface area (Å²) in [5, 5.41) is 13.2. The standard InChI is InChI=1S/C20H21N5O3/c26-19(17-11-15(13-21-17)24-20(27)18-6-2-9-28-18)22-12-14-4-1-5-16(10-14)25-8-3-7-23-25/h1-10,15,17,21H,11-13H2,(H,22,26)(H,24,27)/t15-,17+/m1/s1. The predicted octanol–water partition coefficient (Wildman–Crippen LogP) is 1.24. The van der Waals surface area contributed by atoms with Crippen molar-refractivity contribution in [2.75, 3.05) is 6.54 Å². The van der Waals surface area contributed by atoms with E-state index in [1.54, 1.807) is 23.0 Å². The Morgan fingerprint density at radius 1 is 1.25 bits per heavy atom. The highest BCUT2D eigenvalue weighted by Gasteiger charge is 2.30. The first-order valence-electron chi connectivity index (χ1n) is 9.13. The summed E-state index contributed by atoms with van der Waals surface area (Å²) in [4.78, 5) is 24.5. The molecule has 1 aromatic carbocycles. The lowest BCUT2D eigenvalue weighted by molar-refractivity contribution is -0.123. The van der Waals surface area contributed by atoms with E-state index >= 15 is 0 Å². The Kier molecular flexibility index (Phi) is 5.20. The van der Waals surface area contributed by atoms with Gasteiger partial charge in [-0.15, -0.1) is 0 Å². The third-order valence-corrected chi connectivity index (χ3v) is 4.67. The van der Waals surface area contributed by atoms with Crippen LogP contribution in [-0.2, 0) is 11.3 Å². The molecule has 1 fully saturated rings. The second-order valence-corrected chi connectivity index (χ2v) is 6.68. The lowest BCUT2D eigenvalue weighted by Gasteiger charge is -2.13. The fourth-order valence-corrected chi connectivity index (χ4v) is 3.25. The number of nitrogens with zero attached hydrogens (tertiary/aromatic N) is 2. The second kappa shape index (κ2) is 8.10. The van der Waals surface area contributed by atoms with E-state index in [0.29, 0.717) is 19.5 Å². The molecule has 2 atom stereocenters. The van der Waals surface area contributed by atoms with Gasteiger partial charge in [0.1, 0.15) is 0 Å². The van der Waals surface area contributed by atoms with Gasteiger partial charge in [0, 0.05) is 31.5 Å². The summed E-state index contributed by atoms with van der Waals surface area (Å²) in [6.07, 6.45) is 5.59. The maximum absolute atomic E-state index is 12.5. The Morgan fingerprint density at radius 3 is 2.96 bits per heavy atom. The molecule has 0 spiro atoms. The molecule has 1 aliphatic rings. The van der Waals surface area contributed by atoms with Gasteiger partial charge in [0.15, 0.2) is 5.76 Å². The van der Waals surface area contributed by atoms with Crippen LogP contribution in [0.4, 0.5) is 0 Å². The molecule has 8 heteroatoms. The molecule has 2 aromatic heterocycles. The van der Waals surface area contributed by atoms with Crippen LogP contribution in [0.5, 0.6) is 0 Å². The number of aromatic nitrogens is 2. The number of benzene rings is 1. The Hall–Kier alpha value is -3.39. The SMILES string of the molecule is O=C(N[C@H]1CN[C@H](C(=O)NCc2cccc(-n3cccn3)c2)C1)c1ccco1. The minimum Gasteiger partial charge on any atom is -0.459 e. The zero-order valence-electron chi connectivity index (χ0n) is 15.2. The molecule has 28 heavy (non-hydrogen) atoms. The van der Waals surface area contributed by atoms with Gasteiger partial charge in [0.25, 0.3) is 5.91 Å². The van der Waals surface area contributed by atoms with Crippen LogP contribution in [0, 0.1) is 0 Å². The number of nitrogens with one attached hydrogen (secondary N) is 3. The maximum Gasteiger partial charge on any atom is 0.287 e. The zero-order chi connectivity index (χ0) is 19.3. The molecule has 0 radical (unpaired) electrons. The monoisotopic (exact) mass is 379 g/mol. The molecular weight excluding hydrogens is 358 g/mol. The predicted molar refractivity (Wildman–Crippen MR) is 102 cm³/mol. The molecule has 0 saturated carbocycles. The van der Waals surface area contributed by atoms with Crippen molar-refractivity contribution in [3.8, 4) is 5.69 Å². The van der Waals surface area contributed by atoms with Gasteiger partial charge in [-0.2, -0.15) is 5.10 Å². The summed E-state index contributed by atoms with van der Waals surface area (Å²) in [5.74, 6) is -0.0856. The van der Waals surface area contributed by atoms with Crippen molar-refractivity contribution < 1.29 is 14.0 Å². The van der Waals surface area contributed by atoms with Gasteiger partial charge in [-0.05, 0) is 42.3 Å². The van der Waals surface area contributed by atoms with E-state index in [4.69, 9.17) is 4.42 Å². The molecule has 3 heterocycles. The molecular formula is C20H21N5O3. The summed E-state index contributed by atoms with van der Waals surface area (Å²) < 4.78 is 6.86. The third kappa shape index (κ3) is 4.12. The first-order chi connectivity index (χ1) is 13.7. The number of carbonyl (C=O) groups is 2. The lowest BCUT2D eigenvalue weighted by Crippen LogP contribution is -2.40. The van der Waals surface area contributed by atoms with Crippen LogP contribution in [0.2, 0.25) is 0 Å². The van der Waals surface area contributed by atoms with E-state index in [0.717, 1.165) is 11.3 Å². The van der Waals surface area contributed by atoms with Crippen LogP contribution in [0.1, 0.15) is 22.5 Å². The highest BCUT2D eigenvalue weighted by atomic mass is 16.3. The fourth-order valence-electron chi connectivity index (χ4n) is 3.25. The maximum atomic E-state index is 12.5. The molecule has 4 rings (SSSR count). The summed E-state index contributed by atoms with van der Waals surface area (Å²) in [6, 6.07) is 12.5. The van der Waals surface area contributed by atoms with Gasteiger partial charge >= 0.3 is 0 Å². The van der Waals surface area contributed by atoms with Crippen molar-refractivity contribution in [2.24, 2.45) is 0 Å². The van der Waals surface area contributed by atoms with E-state index in [1.807, 2.05) is 36.5 Å². The van der Waals surface area contributed by atoms with Crippen molar-refractivity contribution in [3.63, 3.8) is 0 Å². The highest BCUT2D eigenvalue weighted by Crippen LogP contribution is 2.11. The van der Waals surface area contributed by atoms with E-state index in [1.165, 1.54) is 6.26 Å². The van der Waals surface area contributed by atoms with Gasteiger partial charge < -0.3 is 20.4 Å². The quantitative estimate of drug-likeness (QED) is 0.598. The topological polar surface area (TPSA) is 101 Å². The molecule has 2 amide bonds. The van der Waals surface area contributed by atoms with E-state index in [-0.39, 0.29) is 29.7 Å². The lowest BCUT2D eigenvalue weighted by atomic mass is 10.1. The normalized spacial score (nSPS) is 18.7. The molecule has 3 N–H and O–H groups in total. The smallest absolute Gasteiger partial charge is 0.287 e. The largest absolute Gasteiger partial charge is 0.459 e. The Balaban J connectivity index is 1.28. The van der Waals surface area contributed by atoms with Gasteiger partial charge in [-0.1, -0.05) is 12.1 Å². The summed E-state index contributed by atoms with van der Waals surface area (Å²) in [7, 11) is 0. The molecule has 1 aliphatic heterocycles. The van der Waals surface area contributed by atoms with Gasteiger partial charge in [-0.3, -0.25) is 9.59 Å². The molecule has 8 nitrogen and oxygen atoms in total. The minimum atomic E-state index is -0.337. The molecule has 3 aromatic rings. The van der Waals surface area contributed by atoms with Gasteiger partial charge in [0.05, 0.1) is 18.0 Å². The van der Waals surface area contributed by atoms with Gasteiger partial charge in [-0.25, -0.2) is 4.68 Å². The average Bonchev–Trinajstić information content (AvgIpc) is 3.48. The number of amides is 2. The number of carbonyl (C=O) groups excluding carboxylic acids is 2. The van der Waals surface area contributed by atoms with Crippen LogP contribution in [0.3, 0.4) is 0 Å². The number of hydrogen-bond acceptors (Lipinski definition) is 5. The van der Waals surface area contributed by atoms with E-state index < -0.39 is 0 Å². The van der Waals surface area contributed by atoms with Crippen molar-refractivity contribution >= 4 is 11.8 Å². The van der Waals surface area contributed by atoms with Crippen LogP contribution in [-0.4, -0.2) is 40.2 Å². The molecule has 0 bridgehead atoms. The second-order valence-electron chi connectivity index (χ2n) is 6.68. The van der Waals surface area contributed by atoms with Crippen LogP contribution >= 0.6 is 0 Å². The fraction of sp³-hybridized carbons (Fsp3) is 0.250. The van der Waals surface area contributed by atoms with Crippen LogP contribution in [0.25, 0.3) is 5.69 Å². The summed E-state index contributed by atoms with van der Waals surface area (Å²) in [6.45, 7) is 0.967. The van der Waals surface area contributed by atoms with Crippen molar-refractivity contribution in [2.45, 2.75) is 25.0 Å². The first kappa shape index (κ1) is 18.0. The third-order valence-electron chi connectivity index (χ3n) is 4.67. The highest BCUT2D eigenvalue weighted by molar-refractivity contribution is 5.91. The summed E-state index contributed by atoms with van der Waals surface area (Å²) >= 11 is 0. The summed E-state index contributed by atoms with van der Waals surface area (Å²) in [5.41, 5.74) is 1.93. The van der Waals surface area contributed by atoms with E-state index in [9.17, 15) is 9.59 Å². The number of furan rings is 1. The number of rotatable bonds is 6. The first-order valence-corrected chi connectivity index (χ1v) is 9.13. The van der Waals surface area contributed by atoms with Gasteiger partial charge in [0.2, 0.25) is 5.91 Å². The average molecular weight is 379 g/mol. The van der Waals surface area contributed by atoms with E-state index in [2.05, 4.69) is 21.0 Å².